The Labute approximate surface area is 213 Å². The van der Waals surface area contributed by atoms with E-state index in [2.05, 4.69) is 19.6 Å². The molecular weight excluding hydrogens is 452 g/mol. The van der Waals surface area contributed by atoms with Crippen molar-refractivity contribution < 1.29 is 19.0 Å². The number of unbranched alkanes of at least 4 members (excludes halogenated alkanes) is 1. The Bertz CT molecular complexity index is 1150. The molecule has 1 fully saturated rings. The van der Waals surface area contributed by atoms with Crippen molar-refractivity contribution in [3.8, 4) is 23.3 Å². The second-order valence-corrected chi connectivity index (χ2v) is 9.57. The van der Waals surface area contributed by atoms with Gasteiger partial charge in [-0.25, -0.2) is 0 Å². The molecule has 36 heavy (non-hydrogen) atoms. The van der Waals surface area contributed by atoms with Gasteiger partial charge in [-0.3, -0.25) is 4.79 Å². The summed E-state index contributed by atoms with van der Waals surface area (Å²) in [6.45, 7) is 6.29. The minimum Gasteiger partial charge on any atom is -0.490 e. The van der Waals surface area contributed by atoms with Gasteiger partial charge in [-0.15, -0.1) is 0 Å². The molecule has 1 heterocycles. The summed E-state index contributed by atoms with van der Waals surface area (Å²) in [6.07, 6.45) is 9.35. The monoisotopic (exact) mass is 486 g/mol. The van der Waals surface area contributed by atoms with E-state index < -0.39 is 5.92 Å². The van der Waals surface area contributed by atoms with Gasteiger partial charge in [-0.05, 0) is 55.4 Å². The van der Waals surface area contributed by atoms with Crippen LogP contribution < -0.4 is 19.9 Å². The van der Waals surface area contributed by atoms with Crippen molar-refractivity contribution in [2.75, 3.05) is 6.61 Å². The Morgan fingerprint density at radius 1 is 1.17 bits per heavy atom. The molecule has 0 bridgehead atoms. The Kier molecular flexibility index (Phi) is 8.32. The average molecular weight is 487 g/mol. The number of hydrogen-bond acceptors (Lipinski definition) is 6. The molecule has 0 saturated heterocycles. The first kappa shape index (κ1) is 25.4. The highest BCUT2D eigenvalue weighted by molar-refractivity contribution is 5.75. The van der Waals surface area contributed by atoms with Gasteiger partial charge in [-0.1, -0.05) is 57.0 Å². The Morgan fingerprint density at radius 2 is 1.89 bits per heavy atom. The molecule has 0 aromatic heterocycles. The molecule has 2 aromatic rings. The number of nitriles is 1. The van der Waals surface area contributed by atoms with Crippen molar-refractivity contribution in [1.29, 1.82) is 5.26 Å². The van der Waals surface area contributed by atoms with Crippen LogP contribution in [0.15, 0.2) is 66.6 Å². The Morgan fingerprint density at radius 3 is 2.56 bits per heavy atom. The van der Waals surface area contributed by atoms with E-state index in [0.717, 1.165) is 42.7 Å². The maximum atomic E-state index is 12.9. The van der Waals surface area contributed by atoms with Crippen molar-refractivity contribution >= 4 is 5.97 Å². The second-order valence-electron chi connectivity index (χ2n) is 9.57. The highest BCUT2D eigenvalue weighted by Gasteiger charge is 2.32. The molecule has 6 heteroatoms. The molecule has 2 aromatic carbocycles. The lowest BCUT2D eigenvalue weighted by Crippen LogP contribution is -2.26. The number of nitrogens with zero attached hydrogens (tertiary/aromatic N) is 1. The third-order valence-corrected chi connectivity index (χ3v) is 7.14. The third-order valence-electron chi connectivity index (χ3n) is 7.14. The normalized spacial score (nSPS) is 21.1. The van der Waals surface area contributed by atoms with Crippen molar-refractivity contribution in [2.24, 2.45) is 17.6 Å². The number of hydrogen-bond donors (Lipinski definition) is 1. The van der Waals surface area contributed by atoms with Gasteiger partial charge in [0.2, 0.25) is 5.88 Å². The van der Waals surface area contributed by atoms with Gasteiger partial charge in [0.25, 0.3) is 0 Å². The molecule has 0 amide bonds. The number of fused-ring (bicyclic) bond motifs is 1. The fourth-order valence-corrected chi connectivity index (χ4v) is 5.13. The van der Waals surface area contributed by atoms with Gasteiger partial charge in [0.05, 0.1) is 11.8 Å². The highest BCUT2D eigenvalue weighted by Crippen LogP contribution is 2.44. The summed E-state index contributed by atoms with van der Waals surface area (Å²) in [4.78, 5) is 12.9. The second kappa shape index (κ2) is 11.8. The lowest BCUT2D eigenvalue weighted by Gasteiger charge is -2.28. The van der Waals surface area contributed by atoms with Crippen LogP contribution in [0.2, 0.25) is 0 Å². The van der Waals surface area contributed by atoms with E-state index in [1.165, 1.54) is 19.3 Å². The summed E-state index contributed by atoms with van der Waals surface area (Å²) >= 11 is 0. The molecule has 6 nitrogen and oxygen atoms in total. The van der Waals surface area contributed by atoms with Gasteiger partial charge in [-0.2, -0.15) is 5.26 Å². The maximum absolute atomic E-state index is 12.9. The summed E-state index contributed by atoms with van der Waals surface area (Å²) in [7, 11) is 0. The molecule has 1 saturated carbocycles. The zero-order valence-corrected chi connectivity index (χ0v) is 20.9. The molecule has 0 radical (unpaired) electrons. The van der Waals surface area contributed by atoms with E-state index in [4.69, 9.17) is 19.9 Å². The van der Waals surface area contributed by atoms with Crippen LogP contribution in [0.3, 0.4) is 0 Å². The number of nitrogens with two attached hydrogens (primary N) is 1. The fraction of sp³-hybridized carbons (Fsp3) is 0.400. The quantitative estimate of drug-likeness (QED) is 0.251. The van der Waals surface area contributed by atoms with E-state index in [0.29, 0.717) is 29.4 Å². The fourth-order valence-electron chi connectivity index (χ4n) is 5.13. The number of ether oxygens (including phenoxy) is 3. The minimum atomic E-state index is -0.393. The maximum Gasteiger partial charge on any atom is 0.314 e. The van der Waals surface area contributed by atoms with Crippen molar-refractivity contribution in [1.82, 2.24) is 0 Å². The number of rotatable bonds is 9. The molecule has 0 spiro atoms. The molecule has 2 N–H and O–H groups in total. The zero-order chi connectivity index (χ0) is 25.5. The van der Waals surface area contributed by atoms with E-state index in [-0.39, 0.29) is 17.8 Å². The minimum absolute atomic E-state index is 0.0517. The molecular formula is C30H34N2O4. The van der Waals surface area contributed by atoms with Crippen LogP contribution in [0.25, 0.3) is 0 Å². The van der Waals surface area contributed by atoms with Crippen LogP contribution in [0.5, 0.6) is 17.2 Å². The SMILES string of the molecule is C=CCOc1ccc(C2C(C#N)=C(N)Oc3cc(OC(=O)C4CCC(CCCC)CC4)ccc32)cc1. The average Bonchev–Trinajstić information content (AvgIpc) is 2.90. The zero-order valence-electron chi connectivity index (χ0n) is 20.9. The first-order valence-electron chi connectivity index (χ1n) is 12.8. The summed E-state index contributed by atoms with van der Waals surface area (Å²) < 4.78 is 17.1. The van der Waals surface area contributed by atoms with E-state index in [1.807, 2.05) is 30.3 Å². The molecule has 2 aliphatic rings. The summed E-state index contributed by atoms with van der Waals surface area (Å²) in [5.74, 6) is 1.75. The van der Waals surface area contributed by atoms with Gasteiger partial charge in [0.15, 0.2) is 0 Å². The van der Waals surface area contributed by atoms with Gasteiger partial charge in [0, 0.05) is 11.6 Å². The molecule has 4 rings (SSSR count). The lowest BCUT2D eigenvalue weighted by molar-refractivity contribution is -0.140. The largest absolute Gasteiger partial charge is 0.490 e. The molecule has 1 aliphatic carbocycles. The van der Waals surface area contributed by atoms with E-state index >= 15 is 0 Å². The smallest absolute Gasteiger partial charge is 0.314 e. The summed E-state index contributed by atoms with van der Waals surface area (Å²) in [5, 5.41) is 9.80. The number of carbonyl (C=O) groups is 1. The Balaban J connectivity index is 1.49. The lowest BCUT2D eigenvalue weighted by atomic mass is 9.80. The predicted octanol–water partition coefficient (Wildman–Crippen LogP) is 6.37. The number of benzene rings is 2. The number of esters is 1. The summed E-state index contributed by atoms with van der Waals surface area (Å²) in [6, 6.07) is 15.0. The first-order chi connectivity index (χ1) is 17.5. The van der Waals surface area contributed by atoms with Crippen LogP contribution in [0.4, 0.5) is 0 Å². The van der Waals surface area contributed by atoms with Crippen molar-refractivity contribution in [2.45, 2.75) is 57.8 Å². The summed E-state index contributed by atoms with van der Waals surface area (Å²) in [5.41, 5.74) is 8.15. The Hall–Kier alpha value is -3.72. The van der Waals surface area contributed by atoms with Gasteiger partial charge in [0.1, 0.15) is 35.5 Å². The highest BCUT2D eigenvalue weighted by atomic mass is 16.5. The van der Waals surface area contributed by atoms with Gasteiger partial charge < -0.3 is 19.9 Å². The van der Waals surface area contributed by atoms with Crippen LogP contribution in [0, 0.1) is 23.2 Å². The first-order valence-corrected chi connectivity index (χ1v) is 12.8. The van der Waals surface area contributed by atoms with Gasteiger partial charge >= 0.3 is 5.97 Å². The number of allylic oxidation sites excluding steroid dienone is 1. The number of carbonyl (C=O) groups excluding carboxylic acids is 1. The van der Waals surface area contributed by atoms with Crippen LogP contribution in [-0.4, -0.2) is 12.6 Å². The van der Waals surface area contributed by atoms with Crippen LogP contribution in [0.1, 0.15) is 68.9 Å². The van der Waals surface area contributed by atoms with E-state index in [1.54, 1.807) is 18.2 Å². The van der Waals surface area contributed by atoms with Crippen molar-refractivity contribution in [3.05, 3.63) is 77.7 Å². The molecule has 1 unspecified atom stereocenters. The predicted molar refractivity (Wildman–Crippen MR) is 138 cm³/mol. The topological polar surface area (TPSA) is 94.6 Å². The molecule has 1 aliphatic heterocycles. The third kappa shape index (κ3) is 5.73. The van der Waals surface area contributed by atoms with Crippen molar-refractivity contribution in [3.63, 3.8) is 0 Å². The van der Waals surface area contributed by atoms with E-state index in [9.17, 15) is 10.1 Å². The molecule has 188 valence electrons. The molecule has 1 atom stereocenters. The van der Waals surface area contributed by atoms with Crippen LogP contribution >= 0.6 is 0 Å². The van der Waals surface area contributed by atoms with Crippen LogP contribution in [-0.2, 0) is 4.79 Å². The standard InChI is InChI=1S/C30H34N2O4/c1-3-5-6-20-7-9-22(10-8-20)30(33)35-24-15-16-25-27(18-24)36-29(32)26(19-31)28(25)21-11-13-23(14-12-21)34-17-4-2/h4,11-16,18,20,22,28H,2-3,5-10,17,32H2,1H3.